The molecular formula is C24H29N3O2. The van der Waals surface area contributed by atoms with E-state index in [4.69, 9.17) is 0 Å². The van der Waals surface area contributed by atoms with Crippen molar-refractivity contribution in [3.8, 4) is 0 Å². The topological polar surface area (TPSA) is 52.6 Å². The molecule has 0 amide bonds. The van der Waals surface area contributed by atoms with Crippen molar-refractivity contribution in [3.05, 3.63) is 92.2 Å². The van der Waals surface area contributed by atoms with Gasteiger partial charge in [-0.1, -0.05) is 60.7 Å². The maximum Gasteiger partial charge on any atom is 0.253 e. The highest BCUT2D eigenvalue weighted by atomic mass is 16.2. The third-order valence-corrected chi connectivity index (χ3v) is 5.35. The number of hydrogen-bond donors (Lipinski definition) is 1. The van der Waals surface area contributed by atoms with Crippen LogP contribution >= 0.6 is 0 Å². The summed E-state index contributed by atoms with van der Waals surface area (Å²) in [4.78, 5) is 28.5. The van der Waals surface area contributed by atoms with Gasteiger partial charge in [0, 0.05) is 26.2 Å². The summed E-state index contributed by atoms with van der Waals surface area (Å²) in [5.74, 6) is 0. The molecule has 5 heteroatoms. The van der Waals surface area contributed by atoms with Gasteiger partial charge in [-0.3, -0.25) is 9.59 Å². The second-order valence-corrected chi connectivity index (χ2v) is 7.73. The Labute approximate surface area is 172 Å². The second-order valence-electron chi connectivity index (χ2n) is 7.73. The van der Waals surface area contributed by atoms with Gasteiger partial charge in [0.2, 0.25) is 0 Å². The largest absolute Gasteiger partial charge is 0.380 e. The average molecular weight is 392 g/mol. The molecule has 0 saturated heterocycles. The standard InChI is InChI=1S/C24H29N3O2/c1-26(2)20(16-19-12-8-5-9-13-19)17-27(3)22-21(23(28)24(22)29)25-15-14-18-10-6-4-7-11-18/h4-13,20,25H,14-17H2,1-3H3/t20-/m1/s1. The first kappa shape index (κ1) is 20.8. The van der Waals surface area contributed by atoms with Gasteiger partial charge in [0.1, 0.15) is 11.4 Å². The molecule has 1 atom stereocenters. The number of hydrogen-bond acceptors (Lipinski definition) is 5. The van der Waals surface area contributed by atoms with Crippen molar-refractivity contribution in [1.82, 2.24) is 4.90 Å². The molecule has 0 radical (unpaired) electrons. The summed E-state index contributed by atoms with van der Waals surface area (Å²) in [5, 5.41) is 3.18. The summed E-state index contributed by atoms with van der Waals surface area (Å²) in [5.41, 5.74) is 2.60. The van der Waals surface area contributed by atoms with Gasteiger partial charge in [-0.25, -0.2) is 0 Å². The van der Waals surface area contributed by atoms with E-state index < -0.39 is 10.9 Å². The van der Waals surface area contributed by atoms with Crippen molar-refractivity contribution in [2.45, 2.75) is 18.9 Å². The van der Waals surface area contributed by atoms with E-state index in [0.29, 0.717) is 24.5 Å². The van der Waals surface area contributed by atoms with Crippen LogP contribution in [0.1, 0.15) is 11.1 Å². The molecule has 3 rings (SSSR count). The van der Waals surface area contributed by atoms with Gasteiger partial charge >= 0.3 is 0 Å². The molecule has 0 aromatic heterocycles. The van der Waals surface area contributed by atoms with Crippen molar-refractivity contribution < 1.29 is 0 Å². The Morgan fingerprint density at radius 3 is 2.00 bits per heavy atom. The highest BCUT2D eigenvalue weighted by Gasteiger charge is 2.26. The van der Waals surface area contributed by atoms with Crippen molar-refractivity contribution in [3.63, 3.8) is 0 Å². The number of likely N-dealkylation sites (N-methyl/N-ethyl adjacent to an activating group) is 2. The molecule has 0 bridgehead atoms. The number of benzene rings is 2. The Morgan fingerprint density at radius 1 is 0.828 bits per heavy atom. The van der Waals surface area contributed by atoms with Crippen LogP contribution in [0.25, 0.3) is 0 Å². The predicted molar refractivity (Wildman–Crippen MR) is 121 cm³/mol. The lowest BCUT2D eigenvalue weighted by Crippen LogP contribution is -2.46. The maximum absolute atomic E-state index is 12.3. The Bertz CT molecular complexity index is 977. The fourth-order valence-electron chi connectivity index (χ4n) is 3.59. The van der Waals surface area contributed by atoms with E-state index in [1.807, 2.05) is 62.4 Å². The molecule has 152 valence electrons. The fourth-order valence-corrected chi connectivity index (χ4v) is 3.59. The van der Waals surface area contributed by atoms with Gasteiger partial charge in [0.05, 0.1) is 0 Å². The fraction of sp³-hybridized carbons (Fsp3) is 0.333. The molecule has 0 spiro atoms. The molecule has 29 heavy (non-hydrogen) atoms. The van der Waals surface area contributed by atoms with Crippen molar-refractivity contribution >= 4 is 11.4 Å². The van der Waals surface area contributed by atoms with Crippen LogP contribution in [0, 0.1) is 0 Å². The molecular weight excluding hydrogens is 362 g/mol. The van der Waals surface area contributed by atoms with Crippen LogP contribution in [0.15, 0.2) is 70.3 Å². The van der Waals surface area contributed by atoms with Gasteiger partial charge in [-0.15, -0.1) is 0 Å². The summed E-state index contributed by atoms with van der Waals surface area (Å²) in [6.07, 6.45) is 1.68. The highest BCUT2D eigenvalue weighted by molar-refractivity contribution is 5.75. The van der Waals surface area contributed by atoms with E-state index in [2.05, 4.69) is 34.5 Å². The van der Waals surface area contributed by atoms with E-state index in [-0.39, 0.29) is 6.04 Å². The van der Waals surface area contributed by atoms with Crippen LogP contribution in [0.5, 0.6) is 0 Å². The van der Waals surface area contributed by atoms with E-state index >= 15 is 0 Å². The second kappa shape index (κ2) is 9.52. The van der Waals surface area contributed by atoms with Gasteiger partial charge in [-0.2, -0.15) is 0 Å². The Balaban J connectivity index is 1.65. The molecule has 1 N–H and O–H groups in total. The minimum atomic E-state index is -0.413. The monoisotopic (exact) mass is 391 g/mol. The van der Waals surface area contributed by atoms with Crippen LogP contribution in [0.4, 0.5) is 11.4 Å². The van der Waals surface area contributed by atoms with Crippen molar-refractivity contribution in [2.75, 3.05) is 44.4 Å². The quantitative estimate of drug-likeness (QED) is 0.539. The van der Waals surface area contributed by atoms with Crippen LogP contribution < -0.4 is 21.1 Å². The van der Waals surface area contributed by atoms with E-state index in [9.17, 15) is 9.59 Å². The molecule has 0 unspecified atom stereocenters. The zero-order valence-corrected chi connectivity index (χ0v) is 17.4. The molecule has 0 saturated carbocycles. The number of rotatable bonds is 10. The smallest absolute Gasteiger partial charge is 0.253 e. The Hall–Kier alpha value is -2.92. The maximum atomic E-state index is 12.3. The van der Waals surface area contributed by atoms with Crippen LogP contribution in [-0.2, 0) is 12.8 Å². The number of anilines is 2. The minimum Gasteiger partial charge on any atom is -0.380 e. The van der Waals surface area contributed by atoms with Crippen LogP contribution in [0.3, 0.4) is 0 Å². The number of nitrogens with zero attached hydrogens (tertiary/aromatic N) is 2. The van der Waals surface area contributed by atoms with Gasteiger partial charge in [0.25, 0.3) is 10.9 Å². The summed E-state index contributed by atoms with van der Waals surface area (Å²) in [6, 6.07) is 20.6. The summed E-state index contributed by atoms with van der Waals surface area (Å²) in [6.45, 7) is 1.29. The molecule has 0 aliphatic heterocycles. The van der Waals surface area contributed by atoms with Gasteiger partial charge in [-0.05, 0) is 38.1 Å². The summed E-state index contributed by atoms with van der Waals surface area (Å²) in [7, 11) is 5.98. The van der Waals surface area contributed by atoms with E-state index in [1.165, 1.54) is 11.1 Å². The molecule has 0 aliphatic rings. The van der Waals surface area contributed by atoms with Crippen molar-refractivity contribution in [2.24, 2.45) is 0 Å². The Morgan fingerprint density at radius 2 is 1.41 bits per heavy atom. The third-order valence-electron chi connectivity index (χ3n) is 5.35. The summed E-state index contributed by atoms with van der Waals surface area (Å²) < 4.78 is 0. The predicted octanol–water partition coefficient (Wildman–Crippen LogP) is 2.55. The lowest BCUT2D eigenvalue weighted by Gasteiger charge is -2.31. The number of nitrogens with one attached hydrogen (secondary N) is 1. The SMILES string of the molecule is CN(C[C@@H](Cc1ccccc1)N(C)C)c1c(NCCc2ccccc2)c(=O)c1=O. The lowest BCUT2D eigenvalue weighted by molar-refractivity contribution is 0.295. The molecule has 0 aliphatic carbocycles. The Kier molecular flexibility index (Phi) is 6.83. The van der Waals surface area contributed by atoms with Gasteiger partial charge in [0.15, 0.2) is 0 Å². The van der Waals surface area contributed by atoms with E-state index in [1.54, 1.807) is 0 Å². The lowest BCUT2D eigenvalue weighted by atomic mass is 10.0. The third kappa shape index (κ3) is 5.12. The highest BCUT2D eigenvalue weighted by Crippen LogP contribution is 2.20. The first-order valence-electron chi connectivity index (χ1n) is 10.00. The van der Waals surface area contributed by atoms with Gasteiger partial charge < -0.3 is 15.1 Å². The molecule has 0 heterocycles. The molecule has 3 aromatic carbocycles. The normalized spacial score (nSPS) is 12.3. The van der Waals surface area contributed by atoms with E-state index in [0.717, 1.165) is 12.8 Å². The van der Waals surface area contributed by atoms with Crippen molar-refractivity contribution in [1.29, 1.82) is 0 Å². The zero-order chi connectivity index (χ0) is 20.8. The molecule has 3 aromatic rings. The molecule has 0 fully saturated rings. The first-order chi connectivity index (χ1) is 14.0. The zero-order valence-electron chi connectivity index (χ0n) is 17.4. The average Bonchev–Trinajstić information content (AvgIpc) is 2.73. The minimum absolute atomic E-state index is 0.226. The first-order valence-corrected chi connectivity index (χ1v) is 10.00. The summed E-state index contributed by atoms with van der Waals surface area (Å²) >= 11 is 0. The molecule has 5 nitrogen and oxygen atoms in total. The van der Waals surface area contributed by atoms with Crippen LogP contribution in [-0.4, -0.2) is 45.2 Å². The van der Waals surface area contributed by atoms with Crippen LogP contribution in [0.2, 0.25) is 0 Å².